The molecular weight excluding hydrogens is 381 g/mol. The number of benzene rings is 1. The van der Waals surface area contributed by atoms with Gasteiger partial charge in [0, 0.05) is 18.5 Å². The average Bonchev–Trinajstić information content (AvgIpc) is 2.55. The Morgan fingerprint density at radius 1 is 1.26 bits per heavy atom. The van der Waals surface area contributed by atoms with Gasteiger partial charge in [0.25, 0.3) is 0 Å². The molecule has 0 saturated carbocycles. The number of aliphatic carboxylic acids is 1. The molecular formula is C17H19F2N2O5P. The van der Waals surface area contributed by atoms with Gasteiger partial charge in [-0.3, -0.25) is 9.36 Å². The van der Waals surface area contributed by atoms with Gasteiger partial charge in [-0.05, 0) is 35.7 Å². The topological polar surface area (TPSA) is 123 Å². The Labute approximate surface area is 154 Å². The second-order valence-electron chi connectivity index (χ2n) is 6.04. The number of alkyl halides is 2. The number of aromatic nitrogens is 1. The number of halogens is 2. The van der Waals surface area contributed by atoms with Gasteiger partial charge >= 0.3 is 12.6 Å². The van der Waals surface area contributed by atoms with Crippen LogP contribution in [-0.4, -0.2) is 33.7 Å². The number of rotatable bonds is 9. The standard InChI is InChI=1S/C17H19F2N2O5P/c18-17(19)26-14-3-1-2-12(7-14)9-27(24,25)10-13(16(22)23)6-11-4-5-15(20)21-8-11/h1-5,7-8,13,17H,6,9-10H2,(H2,20,21)(H,22,23)(H,24,25). The first-order valence-corrected chi connectivity index (χ1v) is 9.95. The first-order chi connectivity index (χ1) is 12.6. The summed E-state index contributed by atoms with van der Waals surface area (Å²) in [5.41, 5.74) is 6.35. The maximum Gasteiger partial charge on any atom is 0.387 e. The molecule has 2 unspecified atom stereocenters. The molecule has 0 spiro atoms. The van der Waals surface area contributed by atoms with Gasteiger partial charge in [-0.15, -0.1) is 0 Å². The molecule has 1 aromatic carbocycles. The third kappa shape index (κ3) is 6.96. The monoisotopic (exact) mass is 400 g/mol. The van der Waals surface area contributed by atoms with E-state index in [0.717, 1.165) is 0 Å². The van der Waals surface area contributed by atoms with E-state index in [9.17, 15) is 28.1 Å². The number of anilines is 1. The number of carboxylic acids is 1. The fourth-order valence-corrected chi connectivity index (χ4v) is 4.46. The number of carboxylic acid groups (broad SMARTS) is 1. The maximum atomic E-state index is 12.5. The molecule has 0 aliphatic rings. The zero-order valence-electron chi connectivity index (χ0n) is 14.2. The molecule has 0 aliphatic heterocycles. The van der Waals surface area contributed by atoms with Crippen LogP contribution in [0.4, 0.5) is 14.6 Å². The van der Waals surface area contributed by atoms with Gasteiger partial charge in [-0.1, -0.05) is 18.2 Å². The smallest absolute Gasteiger partial charge is 0.387 e. The van der Waals surface area contributed by atoms with Crippen molar-refractivity contribution in [3.8, 4) is 5.75 Å². The van der Waals surface area contributed by atoms with E-state index in [0.29, 0.717) is 11.1 Å². The van der Waals surface area contributed by atoms with Crippen LogP contribution >= 0.6 is 7.37 Å². The molecule has 1 aromatic heterocycles. The summed E-state index contributed by atoms with van der Waals surface area (Å²) in [6.45, 7) is -3.01. The van der Waals surface area contributed by atoms with Crippen molar-refractivity contribution >= 4 is 19.2 Å². The van der Waals surface area contributed by atoms with Crippen LogP contribution in [-0.2, 0) is 21.9 Å². The molecule has 0 fully saturated rings. The Hall–Kier alpha value is -2.51. The Kier molecular flexibility index (Phi) is 6.87. The normalized spacial score (nSPS) is 14.5. The van der Waals surface area contributed by atoms with E-state index >= 15 is 0 Å². The highest BCUT2D eigenvalue weighted by Gasteiger charge is 2.29. The highest BCUT2D eigenvalue weighted by atomic mass is 31.2. The number of hydrogen-bond acceptors (Lipinski definition) is 5. The predicted molar refractivity (Wildman–Crippen MR) is 94.9 cm³/mol. The fourth-order valence-electron chi connectivity index (χ4n) is 2.59. The van der Waals surface area contributed by atoms with Gasteiger partial charge in [0.05, 0.1) is 5.92 Å². The van der Waals surface area contributed by atoms with E-state index < -0.39 is 32.0 Å². The van der Waals surface area contributed by atoms with Crippen molar-refractivity contribution in [1.29, 1.82) is 0 Å². The SMILES string of the molecule is Nc1ccc(CC(CP(=O)(O)Cc2cccc(OC(F)F)c2)C(=O)O)cn1. The van der Waals surface area contributed by atoms with Crippen LogP contribution in [0.25, 0.3) is 0 Å². The first kappa shape index (κ1) is 20.8. The van der Waals surface area contributed by atoms with Crippen molar-refractivity contribution < 1.29 is 32.9 Å². The number of pyridine rings is 1. The van der Waals surface area contributed by atoms with Crippen molar-refractivity contribution in [3.63, 3.8) is 0 Å². The van der Waals surface area contributed by atoms with Gasteiger partial charge in [0.15, 0.2) is 0 Å². The Bertz CT molecular complexity index is 832. The van der Waals surface area contributed by atoms with Crippen molar-refractivity contribution in [1.82, 2.24) is 4.98 Å². The molecule has 4 N–H and O–H groups in total. The molecule has 2 rings (SSSR count). The van der Waals surface area contributed by atoms with E-state index in [1.165, 1.54) is 36.5 Å². The summed E-state index contributed by atoms with van der Waals surface area (Å²) in [5.74, 6) is -2.17. The van der Waals surface area contributed by atoms with Gasteiger partial charge in [-0.2, -0.15) is 8.78 Å². The van der Waals surface area contributed by atoms with Gasteiger partial charge in [0.2, 0.25) is 7.37 Å². The van der Waals surface area contributed by atoms with E-state index in [2.05, 4.69) is 9.72 Å². The zero-order chi connectivity index (χ0) is 20.0. The molecule has 0 saturated heterocycles. The molecule has 146 valence electrons. The molecule has 0 aliphatic carbocycles. The number of nitrogens with zero attached hydrogens (tertiary/aromatic N) is 1. The van der Waals surface area contributed by atoms with Crippen LogP contribution in [0.1, 0.15) is 11.1 Å². The third-order valence-electron chi connectivity index (χ3n) is 3.74. The van der Waals surface area contributed by atoms with Crippen molar-refractivity contribution in [2.24, 2.45) is 5.92 Å². The van der Waals surface area contributed by atoms with Gasteiger partial charge in [0.1, 0.15) is 11.6 Å². The summed E-state index contributed by atoms with van der Waals surface area (Å²) < 4.78 is 41.4. The van der Waals surface area contributed by atoms with E-state index in [1.807, 2.05) is 0 Å². The summed E-state index contributed by atoms with van der Waals surface area (Å²) in [6.07, 6.45) is 0.615. The quantitative estimate of drug-likeness (QED) is 0.553. The minimum atomic E-state index is -3.89. The van der Waals surface area contributed by atoms with Gasteiger partial charge < -0.3 is 20.5 Å². The Morgan fingerprint density at radius 3 is 2.59 bits per heavy atom. The Morgan fingerprint density at radius 2 is 2.00 bits per heavy atom. The largest absolute Gasteiger partial charge is 0.481 e. The van der Waals surface area contributed by atoms with Crippen LogP contribution in [0, 0.1) is 5.92 Å². The molecule has 27 heavy (non-hydrogen) atoms. The molecule has 0 amide bonds. The van der Waals surface area contributed by atoms with Gasteiger partial charge in [-0.25, -0.2) is 4.98 Å². The maximum absolute atomic E-state index is 12.5. The second-order valence-corrected chi connectivity index (χ2v) is 8.42. The second kappa shape index (κ2) is 8.92. The van der Waals surface area contributed by atoms with Crippen LogP contribution in [0.3, 0.4) is 0 Å². The molecule has 0 radical (unpaired) electrons. The third-order valence-corrected chi connectivity index (χ3v) is 5.61. The number of nitrogens with two attached hydrogens (primary N) is 1. The van der Waals surface area contributed by atoms with Crippen LogP contribution < -0.4 is 10.5 Å². The Balaban J connectivity index is 2.08. The average molecular weight is 400 g/mol. The van der Waals surface area contributed by atoms with Crippen molar-refractivity contribution in [2.75, 3.05) is 11.9 Å². The number of ether oxygens (including phenoxy) is 1. The van der Waals surface area contributed by atoms with Crippen LogP contribution in [0.15, 0.2) is 42.6 Å². The fraction of sp³-hybridized carbons (Fsp3) is 0.294. The molecule has 2 aromatic rings. The lowest BCUT2D eigenvalue weighted by atomic mass is 10.0. The summed E-state index contributed by atoms with van der Waals surface area (Å²) >= 11 is 0. The summed E-state index contributed by atoms with van der Waals surface area (Å²) in [5, 5.41) is 9.38. The minimum Gasteiger partial charge on any atom is -0.481 e. The molecule has 10 heteroatoms. The number of carbonyl (C=O) groups is 1. The van der Waals surface area contributed by atoms with E-state index in [-0.39, 0.29) is 24.2 Å². The van der Waals surface area contributed by atoms with E-state index in [4.69, 9.17) is 5.73 Å². The summed E-state index contributed by atoms with van der Waals surface area (Å²) in [7, 11) is -3.89. The molecule has 0 bridgehead atoms. The molecule has 2 atom stereocenters. The predicted octanol–water partition coefficient (Wildman–Crippen LogP) is 2.98. The van der Waals surface area contributed by atoms with Crippen LogP contribution in [0.2, 0.25) is 0 Å². The lowest BCUT2D eigenvalue weighted by Gasteiger charge is -2.18. The van der Waals surface area contributed by atoms with Crippen molar-refractivity contribution in [3.05, 3.63) is 53.7 Å². The lowest BCUT2D eigenvalue weighted by Crippen LogP contribution is -2.21. The zero-order valence-corrected chi connectivity index (χ0v) is 15.1. The highest BCUT2D eigenvalue weighted by Crippen LogP contribution is 2.47. The lowest BCUT2D eigenvalue weighted by molar-refractivity contribution is -0.141. The first-order valence-electron chi connectivity index (χ1n) is 7.92. The summed E-state index contributed by atoms with van der Waals surface area (Å²) in [4.78, 5) is 25.6. The molecule has 1 heterocycles. The summed E-state index contributed by atoms with van der Waals surface area (Å²) in [6, 6.07) is 8.55. The van der Waals surface area contributed by atoms with Crippen LogP contribution in [0.5, 0.6) is 5.75 Å². The minimum absolute atomic E-state index is 0.0156. The number of hydrogen-bond donors (Lipinski definition) is 3. The van der Waals surface area contributed by atoms with E-state index in [1.54, 1.807) is 6.07 Å². The molecule has 7 nitrogen and oxygen atoms in total. The number of nitrogen functional groups attached to an aromatic ring is 1. The van der Waals surface area contributed by atoms with Crippen molar-refractivity contribution in [2.45, 2.75) is 19.2 Å². The highest BCUT2D eigenvalue weighted by molar-refractivity contribution is 7.57.